The van der Waals surface area contributed by atoms with Crippen molar-refractivity contribution < 1.29 is 9.53 Å². The van der Waals surface area contributed by atoms with E-state index in [0.29, 0.717) is 0 Å². The molecule has 1 fully saturated rings. The number of carbonyl (C=O) groups excluding carboxylic acids is 1. The van der Waals surface area contributed by atoms with Gasteiger partial charge in [-0.1, -0.05) is 12.2 Å². The number of hydrogen-bond donors (Lipinski definition) is 1. The van der Waals surface area contributed by atoms with Crippen LogP contribution in [0, 0.1) is 0 Å². The highest BCUT2D eigenvalue weighted by atomic mass is 16.6. The third kappa shape index (κ3) is 3.81. The van der Waals surface area contributed by atoms with Crippen molar-refractivity contribution in [3.63, 3.8) is 0 Å². The Labute approximate surface area is 85.5 Å². The summed E-state index contributed by atoms with van der Waals surface area (Å²) in [5.74, 6) is 0. The molecule has 0 radical (unpaired) electrons. The summed E-state index contributed by atoms with van der Waals surface area (Å²) in [7, 11) is 0. The SMILES string of the molecule is C=C1CCC(NC(=O)OC(C)(C)C)C1. The first-order chi connectivity index (χ1) is 6.37. The Balaban J connectivity index is 2.31. The van der Waals surface area contributed by atoms with E-state index in [9.17, 15) is 4.79 Å². The van der Waals surface area contributed by atoms with Crippen molar-refractivity contribution in [2.24, 2.45) is 0 Å². The highest BCUT2D eigenvalue weighted by molar-refractivity contribution is 5.68. The van der Waals surface area contributed by atoms with Crippen LogP contribution in [0.4, 0.5) is 4.79 Å². The first kappa shape index (κ1) is 11.1. The van der Waals surface area contributed by atoms with Gasteiger partial charge in [0.25, 0.3) is 0 Å². The second kappa shape index (κ2) is 4.03. The summed E-state index contributed by atoms with van der Waals surface area (Å²) in [6.45, 7) is 9.48. The van der Waals surface area contributed by atoms with Crippen molar-refractivity contribution in [3.05, 3.63) is 12.2 Å². The molecule has 0 saturated heterocycles. The maximum Gasteiger partial charge on any atom is 0.407 e. The van der Waals surface area contributed by atoms with Crippen molar-refractivity contribution in [1.29, 1.82) is 0 Å². The molecule has 0 spiro atoms. The molecule has 1 saturated carbocycles. The molecule has 1 amide bonds. The van der Waals surface area contributed by atoms with E-state index in [4.69, 9.17) is 4.74 Å². The van der Waals surface area contributed by atoms with Gasteiger partial charge in [0.05, 0.1) is 0 Å². The molecule has 1 N–H and O–H groups in total. The molecule has 1 unspecified atom stereocenters. The molecule has 1 rings (SSSR count). The molecule has 14 heavy (non-hydrogen) atoms. The molecule has 80 valence electrons. The van der Waals surface area contributed by atoms with Crippen LogP contribution in [-0.4, -0.2) is 17.7 Å². The molecule has 0 aliphatic heterocycles. The van der Waals surface area contributed by atoms with E-state index >= 15 is 0 Å². The van der Waals surface area contributed by atoms with Crippen molar-refractivity contribution in [2.75, 3.05) is 0 Å². The maximum absolute atomic E-state index is 11.4. The van der Waals surface area contributed by atoms with E-state index in [-0.39, 0.29) is 12.1 Å². The minimum Gasteiger partial charge on any atom is -0.444 e. The fourth-order valence-electron chi connectivity index (χ4n) is 1.53. The number of hydrogen-bond acceptors (Lipinski definition) is 2. The van der Waals surface area contributed by atoms with Gasteiger partial charge in [0.15, 0.2) is 0 Å². The molecular formula is C11H19NO2. The van der Waals surface area contributed by atoms with Crippen molar-refractivity contribution in [1.82, 2.24) is 5.32 Å². The van der Waals surface area contributed by atoms with Crippen LogP contribution in [0.25, 0.3) is 0 Å². The van der Waals surface area contributed by atoms with Crippen LogP contribution < -0.4 is 5.32 Å². The van der Waals surface area contributed by atoms with E-state index in [1.807, 2.05) is 20.8 Å². The zero-order valence-electron chi connectivity index (χ0n) is 9.22. The number of alkyl carbamates (subject to hydrolysis) is 1. The number of rotatable bonds is 1. The Morgan fingerprint density at radius 2 is 2.21 bits per heavy atom. The molecule has 0 heterocycles. The smallest absolute Gasteiger partial charge is 0.407 e. The van der Waals surface area contributed by atoms with Gasteiger partial charge < -0.3 is 10.1 Å². The number of carbonyl (C=O) groups is 1. The van der Waals surface area contributed by atoms with Crippen molar-refractivity contribution in [3.8, 4) is 0 Å². The van der Waals surface area contributed by atoms with Gasteiger partial charge in [-0.2, -0.15) is 0 Å². The third-order valence-electron chi connectivity index (χ3n) is 2.10. The first-order valence-electron chi connectivity index (χ1n) is 5.03. The maximum atomic E-state index is 11.4. The van der Waals surface area contributed by atoms with Crippen LogP contribution in [0.5, 0.6) is 0 Å². The van der Waals surface area contributed by atoms with Gasteiger partial charge in [-0.25, -0.2) is 4.79 Å². The van der Waals surface area contributed by atoms with Gasteiger partial charge in [0.1, 0.15) is 5.60 Å². The molecule has 1 aliphatic rings. The van der Waals surface area contributed by atoms with Crippen LogP contribution in [0.2, 0.25) is 0 Å². The fraction of sp³-hybridized carbons (Fsp3) is 0.727. The Kier molecular flexibility index (Phi) is 3.19. The number of ether oxygens (including phenoxy) is 1. The summed E-state index contributed by atoms with van der Waals surface area (Å²) >= 11 is 0. The first-order valence-corrected chi connectivity index (χ1v) is 5.03. The molecule has 0 bridgehead atoms. The predicted molar refractivity (Wildman–Crippen MR) is 56.1 cm³/mol. The normalized spacial score (nSPS) is 22.2. The monoisotopic (exact) mass is 197 g/mol. The van der Waals surface area contributed by atoms with Crippen LogP contribution >= 0.6 is 0 Å². The lowest BCUT2D eigenvalue weighted by Crippen LogP contribution is -2.37. The largest absolute Gasteiger partial charge is 0.444 e. The van der Waals surface area contributed by atoms with Crippen LogP contribution in [-0.2, 0) is 4.74 Å². The van der Waals surface area contributed by atoms with E-state index < -0.39 is 5.60 Å². The quantitative estimate of drug-likeness (QED) is 0.656. The highest BCUT2D eigenvalue weighted by Crippen LogP contribution is 2.22. The second-order valence-electron chi connectivity index (χ2n) is 4.84. The molecule has 1 atom stereocenters. The molecule has 0 aromatic rings. The van der Waals surface area contributed by atoms with Gasteiger partial charge in [0, 0.05) is 6.04 Å². The Morgan fingerprint density at radius 1 is 1.57 bits per heavy atom. The summed E-state index contributed by atoms with van der Waals surface area (Å²) in [6, 6.07) is 0.220. The topological polar surface area (TPSA) is 38.3 Å². The summed E-state index contributed by atoms with van der Waals surface area (Å²) in [6.07, 6.45) is 2.56. The van der Waals surface area contributed by atoms with Gasteiger partial charge in [-0.05, 0) is 40.0 Å². The minimum absolute atomic E-state index is 0.220. The second-order valence-corrected chi connectivity index (χ2v) is 4.84. The van der Waals surface area contributed by atoms with Crippen LogP contribution in [0.3, 0.4) is 0 Å². The third-order valence-corrected chi connectivity index (χ3v) is 2.10. The molecule has 3 nitrogen and oxygen atoms in total. The lowest BCUT2D eigenvalue weighted by molar-refractivity contribution is 0.0506. The lowest BCUT2D eigenvalue weighted by Gasteiger charge is -2.21. The van der Waals surface area contributed by atoms with E-state index in [0.717, 1.165) is 19.3 Å². The van der Waals surface area contributed by atoms with Crippen molar-refractivity contribution >= 4 is 6.09 Å². The zero-order valence-corrected chi connectivity index (χ0v) is 9.22. The summed E-state index contributed by atoms with van der Waals surface area (Å²) in [5.41, 5.74) is 0.797. The fourth-order valence-corrected chi connectivity index (χ4v) is 1.53. The Hall–Kier alpha value is -0.990. The molecule has 3 heteroatoms. The molecule has 0 aromatic heterocycles. The minimum atomic E-state index is -0.417. The molecule has 0 aromatic carbocycles. The zero-order chi connectivity index (χ0) is 10.8. The van der Waals surface area contributed by atoms with Crippen molar-refractivity contribution in [2.45, 2.75) is 51.7 Å². The Bertz CT molecular complexity index is 240. The van der Waals surface area contributed by atoms with Gasteiger partial charge >= 0.3 is 6.09 Å². The lowest BCUT2D eigenvalue weighted by atomic mass is 10.2. The molecular weight excluding hydrogens is 178 g/mol. The van der Waals surface area contributed by atoms with Gasteiger partial charge in [-0.3, -0.25) is 0 Å². The predicted octanol–water partition coefficient (Wildman–Crippen LogP) is 2.62. The summed E-state index contributed by atoms with van der Waals surface area (Å²) in [4.78, 5) is 11.4. The Morgan fingerprint density at radius 3 is 2.64 bits per heavy atom. The van der Waals surface area contributed by atoms with E-state index in [1.165, 1.54) is 5.57 Å². The van der Waals surface area contributed by atoms with Crippen LogP contribution in [0.1, 0.15) is 40.0 Å². The highest BCUT2D eigenvalue weighted by Gasteiger charge is 2.22. The van der Waals surface area contributed by atoms with Gasteiger partial charge in [0.2, 0.25) is 0 Å². The molecule has 1 aliphatic carbocycles. The summed E-state index contributed by atoms with van der Waals surface area (Å²) in [5, 5.41) is 2.84. The van der Waals surface area contributed by atoms with Crippen LogP contribution in [0.15, 0.2) is 12.2 Å². The van der Waals surface area contributed by atoms with Gasteiger partial charge in [-0.15, -0.1) is 0 Å². The average molecular weight is 197 g/mol. The van der Waals surface area contributed by atoms with E-state index in [1.54, 1.807) is 0 Å². The standard InChI is InChI=1S/C11H19NO2/c1-8-5-6-9(7-8)12-10(13)14-11(2,3)4/h9H,1,5-7H2,2-4H3,(H,12,13). The van der Waals surface area contributed by atoms with E-state index in [2.05, 4.69) is 11.9 Å². The number of amides is 1. The average Bonchev–Trinajstić information content (AvgIpc) is 2.30. The summed E-state index contributed by atoms with van der Waals surface area (Å²) < 4.78 is 5.16. The number of nitrogens with one attached hydrogen (secondary N) is 1.